The molecule has 192 valence electrons. The van der Waals surface area contributed by atoms with Gasteiger partial charge in [-0.1, -0.05) is 0 Å². The largest absolute Gasteiger partial charge is 0.480 e. The average Bonchev–Trinajstić information content (AvgIpc) is 2.79. The Morgan fingerprint density at radius 2 is 1.18 bits per heavy atom. The van der Waals surface area contributed by atoms with Crippen LogP contribution in [0.15, 0.2) is 0 Å². The van der Waals surface area contributed by atoms with Gasteiger partial charge in [0.25, 0.3) is 0 Å². The number of carboxylic acids is 1. The third kappa shape index (κ3) is 10.8. The maximum atomic E-state index is 13.4. The van der Waals surface area contributed by atoms with Crippen molar-refractivity contribution < 1.29 is 65.1 Å². The summed E-state index contributed by atoms with van der Waals surface area (Å²) in [4.78, 5) is 33.0. The van der Waals surface area contributed by atoms with Gasteiger partial charge in [0.05, 0.1) is 46.1 Å². The van der Waals surface area contributed by atoms with E-state index in [2.05, 4.69) is 14.8 Å². The number of rotatable bonds is 17. The fourth-order valence-corrected chi connectivity index (χ4v) is 2.08. The van der Waals surface area contributed by atoms with E-state index in [0.717, 1.165) is 0 Å². The van der Waals surface area contributed by atoms with Gasteiger partial charge in [0.15, 0.2) is 0 Å². The third-order valence-electron chi connectivity index (χ3n) is 3.61. The van der Waals surface area contributed by atoms with Crippen LogP contribution in [0.4, 0.5) is 22.0 Å². The minimum Gasteiger partial charge on any atom is -0.480 e. The Kier molecular flexibility index (Phi) is 13.6. The van der Waals surface area contributed by atoms with Gasteiger partial charge in [-0.05, 0) is 0 Å². The molecular formula is C19H22F5NO9. The van der Waals surface area contributed by atoms with Gasteiger partial charge in [-0.15, -0.1) is 0 Å². The van der Waals surface area contributed by atoms with Crippen molar-refractivity contribution in [3.8, 4) is 5.75 Å². The molecule has 0 fully saturated rings. The highest BCUT2D eigenvalue weighted by atomic mass is 19.2. The lowest BCUT2D eigenvalue weighted by Crippen LogP contribution is -2.31. The fourth-order valence-electron chi connectivity index (χ4n) is 2.08. The Morgan fingerprint density at radius 3 is 1.74 bits per heavy atom. The first-order chi connectivity index (χ1) is 16.1. The van der Waals surface area contributed by atoms with Crippen molar-refractivity contribution in [1.82, 2.24) is 5.32 Å². The number of benzene rings is 1. The zero-order chi connectivity index (χ0) is 25.5. The van der Waals surface area contributed by atoms with Gasteiger partial charge in [-0.2, -0.15) is 8.78 Å². The molecule has 0 spiro atoms. The average molecular weight is 503 g/mol. The van der Waals surface area contributed by atoms with Crippen LogP contribution in [0.2, 0.25) is 0 Å². The van der Waals surface area contributed by atoms with Crippen molar-refractivity contribution in [2.24, 2.45) is 0 Å². The van der Waals surface area contributed by atoms with Crippen molar-refractivity contribution in [1.29, 1.82) is 0 Å². The number of carbonyl (C=O) groups excluding carboxylic acids is 2. The summed E-state index contributed by atoms with van der Waals surface area (Å²) >= 11 is 0. The molecule has 0 saturated heterocycles. The van der Waals surface area contributed by atoms with E-state index in [4.69, 9.17) is 19.3 Å². The maximum absolute atomic E-state index is 13.4. The molecule has 0 radical (unpaired) electrons. The van der Waals surface area contributed by atoms with Gasteiger partial charge in [0, 0.05) is 6.54 Å². The highest BCUT2D eigenvalue weighted by Gasteiger charge is 2.28. The number of halogens is 5. The molecule has 0 aliphatic heterocycles. The smallest absolute Gasteiger partial charge is 0.329 e. The Labute approximate surface area is 189 Å². The monoisotopic (exact) mass is 503 g/mol. The summed E-state index contributed by atoms with van der Waals surface area (Å²) < 4.78 is 90.1. The zero-order valence-corrected chi connectivity index (χ0v) is 17.7. The second kappa shape index (κ2) is 15.9. The number of esters is 1. The summed E-state index contributed by atoms with van der Waals surface area (Å²) in [6.07, 6.45) is -0.518. The van der Waals surface area contributed by atoms with E-state index in [9.17, 15) is 36.3 Å². The predicted molar refractivity (Wildman–Crippen MR) is 100 cm³/mol. The summed E-state index contributed by atoms with van der Waals surface area (Å²) in [7, 11) is 0. The van der Waals surface area contributed by atoms with E-state index in [1.54, 1.807) is 0 Å². The summed E-state index contributed by atoms with van der Waals surface area (Å²) in [5, 5.41) is 10.8. The van der Waals surface area contributed by atoms with Gasteiger partial charge < -0.3 is 34.1 Å². The van der Waals surface area contributed by atoms with Crippen LogP contribution in [0, 0.1) is 29.1 Å². The van der Waals surface area contributed by atoms with Crippen molar-refractivity contribution in [3.05, 3.63) is 29.1 Å². The van der Waals surface area contributed by atoms with Crippen LogP contribution in [0.25, 0.3) is 0 Å². The molecule has 1 aromatic carbocycles. The minimum absolute atomic E-state index is 0.0300. The van der Waals surface area contributed by atoms with Crippen molar-refractivity contribution in [3.63, 3.8) is 0 Å². The number of hydrogen-bond donors (Lipinski definition) is 2. The van der Waals surface area contributed by atoms with Gasteiger partial charge >= 0.3 is 11.9 Å². The van der Waals surface area contributed by atoms with Gasteiger partial charge in [0.1, 0.15) is 13.2 Å². The molecule has 0 bridgehead atoms. The molecule has 0 atom stereocenters. The number of aliphatic carboxylic acids is 1. The maximum Gasteiger partial charge on any atom is 0.329 e. The minimum atomic E-state index is -2.37. The second-order valence-corrected chi connectivity index (χ2v) is 6.20. The molecular weight excluding hydrogens is 481 g/mol. The van der Waals surface area contributed by atoms with Crippen LogP contribution in [0.5, 0.6) is 5.75 Å². The lowest BCUT2D eigenvalue weighted by atomic mass is 10.2. The molecule has 0 heterocycles. The normalized spacial score (nSPS) is 10.9. The van der Waals surface area contributed by atoms with Crippen LogP contribution in [-0.4, -0.2) is 82.4 Å². The quantitative estimate of drug-likeness (QED) is 0.0797. The van der Waals surface area contributed by atoms with Crippen molar-refractivity contribution in [2.45, 2.75) is 6.42 Å². The molecule has 10 nitrogen and oxygen atoms in total. The van der Waals surface area contributed by atoms with Gasteiger partial charge in [-0.3, -0.25) is 9.59 Å². The van der Waals surface area contributed by atoms with Crippen LogP contribution in [0.3, 0.4) is 0 Å². The van der Waals surface area contributed by atoms with Crippen molar-refractivity contribution in [2.75, 3.05) is 59.4 Å². The van der Waals surface area contributed by atoms with E-state index in [0.29, 0.717) is 0 Å². The molecule has 2 N–H and O–H groups in total. The van der Waals surface area contributed by atoms with E-state index in [1.165, 1.54) is 0 Å². The van der Waals surface area contributed by atoms with Crippen molar-refractivity contribution >= 4 is 17.8 Å². The highest BCUT2D eigenvalue weighted by Crippen LogP contribution is 2.29. The molecule has 0 aliphatic rings. The third-order valence-corrected chi connectivity index (χ3v) is 3.61. The number of carbonyl (C=O) groups is 3. The van der Waals surface area contributed by atoms with Crippen LogP contribution < -0.4 is 10.1 Å². The van der Waals surface area contributed by atoms with Gasteiger partial charge in [-0.25, -0.2) is 18.0 Å². The Morgan fingerprint density at radius 1 is 0.676 bits per heavy atom. The molecule has 34 heavy (non-hydrogen) atoms. The van der Waals surface area contributed by atoms with E-state index >= 15 is 0 Å². The summed E-state index contributed by atoms with van der Waals surface area (Å²) in [6.45, 7) is -0.353. The second-order valence-electron chi connectivity index (χ2n) is 6.20. The molecule has 1 aromatic rings. The Balaban J connectivity index is 2.03. The topological polar surface area (TPSA) is 130 Å². The Bertz CT molecular complexity index is 812. The summed E-state index contributed by atoms with van der Waals surface area (Å²) in [5.41, 5.74) is 0. The van der Waals surface area contributed by atoms with E-state index < -0.39 is 65.7 Å². The molecule has 0 aliphatic carbocycles. The molecule has 1 amide bonds. The van der Waals surface area contributed by atoms with Crippen LogP contribution in [-0.2, 0) is 33.3 Å². The number of amides is 1. The molecule has 0 saturated carbocycles. The summed E-state index contributed by atoms with van der Waals surface area (Å²) in [6, 6.07) is 0. The van der Waals surface area contributed by atoms with E-state index in [1.807, 2.05) is 0 Å². The highest BCUT2D eigenvalue weighted by molar-refractivity contribution is 5.77. The summed E-state index contributed by atoms with van der Waals surface area (Å²) in [5.74, 6) is -16.0. The fraction of sp³-hybridized carbons (Fsp3) is 0.526. The first-order valence-electron chi connectivity index (χ1n) is 9.66. The standard InChI is InChI=1S/C19H22F5NO9/c20-14-15(21)17(23)19(18(24)16(14)22)34-13(29)1-3-30-5-7-32-8-6-31-4-2-25-11(26)9-33-10-12(27)28/h1-10H2,(H,25,26)(H,27,28). The lowest BCUT2D eigenvalue weighted by molar-refractivity contribution is -0.143. The van der Waals surface area contributed by atoms with Crippen LogP contribution in [0.1, 0.15) is 6.42 Å². The Hall–Kier alpha value is -2.88. The molecule has 0 unspecified atom stereocenters. The first-order valence-corrected chi connectivity index (χ1v) is 9.66. The SMILES string of the molecule is O=C(O)COCC(=O)NCCOCCOCCOCCC(=O)Oc1c(F)c(F)c(F)c(F)c1F. The molecule has 0 aromatic heterocycles. The first kappa shape index (κ1) is 29.2. The number of carboxylic acid groups (broad SMARTS) is 1. The zero-order valence-electron chi connectivity index (χ0n) is 17.7. The van der Waals surface area contributed by atoms with E-state index in [-0.39, 0.29) is 52.8 Å². The molecule has 15 heteroatoms. The molecule has 1 rings (SSSR count). The number of hydrogen-bond acceptors (Lipinski definition) is 8. The van der Waals surface area contributed by atoms with Crippen LogP contribution >= 0.6 is 0 Å². The lowest BCUT2D eigenvalue weighted by Gasteiger charge is -2.09. The number of ether oxygens (including phenoxy) is 5. The van der Waals surface area contributed by atoms with Gasteiger partial charge in [0.2, 0.25) is 40.7 Å². The number of nitrogens with one attached hydrogen (secondary N) is 1. The predicted octanol–water partition coefficient (Wildman–Crippen LogP) is 0.945.